The number of fused-ring (bicyclic) bond motifs is 2. The third-order valence-corrected chi connectivity index (χ3v) is 4.81. The molecule has 2 aromatic heterocycles. The molecule has 0 spiro atoms. The van der Waals surface area contributed by atoms with Crippen molar-refractivity contribution in [3.8, 4) is 11.1 Å². The third kappa shape index (κ3) is 3.12. The van der Waals surface area contributed by atoms with Crippen molar-refractivity contribution in [2.45, 2.75) is 26.2 Å². The molecule has 1 N–H and O–H groups in total. The van der Waals surface area contributed by atoms with Crippen molar-refractivity contribution < 1.29 is 18.7 Å². The fourth-order valence-corrected chi connectivity index (χ4v) is 3.51. The van der Waals surface area contributed by atoms with Crippen LogP contribution in [-0.4, -0.2) is 11.1 Å². The van der Waals surface area contributed by atoms with Crippen molar-refractivity contribution >= 4 is 27.9 Å². The lowest BCUT2D eigenvalue weighted by Crippen LogP contribution is -2.03. The van der Waals surface area contributed by atoms with Gasteiger partial charge in [0.1, 0.15) is 11.2 Å². The summed E-state index contributed by atoms with van der Waals surface area (Å²) in [6.07, 6.45) is 2.73. The van der Waals surface area contributed by atoms with Gasteiger partial charge in [0.2, 0.25) is 0 Å². The molecule has 0 radical (unpaired) electrons. The van der Waals surface area contributed by atoms with Gasteiger partial charge in [0.25, 0.3) is 0 Å². The average molecular weight is 362 g/mol. The Labute approximate surface area is 154 Å². The lowest BCUT2D eigenvalue weighted by Gasteiger charge is -2.08. The van der Waals surface area contributed by atoms with Crippen molar-refractivity contribution in [2.24, 2.45) is 0 Å². The monoisotopic (exact) mass is 362 g/mol. The first kappa shape index (κ1) is 17.1. The first-order valence-corrected chi connectivity index (χ1v) is 8.79. The molecule has 5 heteroatoms. The van der Waals surface area contributed by atoms with Crippen LogP contribution in [0.4, 0.5) is 0 Å². The minimum atomic E-state index is -0.845. The van der Waals surface area contributed by atoms with Crippen LogP contribution in [0.2, 0.25) is 0 Å². The number of aliphatic carboxylic acids is 1. The van der Waals surface area contributed by atoms with Gasteiger partial charge in [-0.15, -0.1) is 0 Å². The molecule has 27 heavy (non-hydrogen) atoms. The van der Waals surface area contributed by atoms with Crippen molar-refractivity contribution in [3.05, 3.63) is 70.3 Å². The second-order valence-electron chi connectivity index (χ2n) is 6.61. The number of carbonyl (C=O) groups is 1. The van der Waals surface area contributed by atoms with Crippen LogP contribution in [-0.2, 0) is 11.2 Å². The second-order valence-corrected chi connectivity index (χ2v) is 6.61. The smallest absolute Gasteiger partial charge is 0.336 e. The minimum Gasteiger partial charge on any atom is -0.481 e. The van der Waals surface area contributed by atoms with E-state index in [2.05, 4.69) is 0 Å². The predicted octanol–water partition coefficient (Wildman–Crippen LogP) is 4.92. The van der Waals surface area contributed by atoms with Gasteiger partial charge in [-0.25, -0.2) is 4.79 Å². The van der Waals surface area contributed by atoms with E-state index in [0.717, 1.165) is 33.0 Å². The van der Waals surface area contributed by atoms with Crippen LogP contribution in [0.15, 0.2) is 62.4 Å². The van der Waals surface area contributed by atoms with Crippen molar-refractivity contribution in [1.29, 1.82) is 0 Å². The molecule has 136 valence electrons. The minimum absolute atomic E-state index is 0.0594. The van der Waals surface area contributed by atoms with Gasteiger partial charge in [-0.2, -0.15) is 0 Å². The Bertz CT molecular complexity index is 1200. The molecule has 0 unspecified atom stereocenters. The first-order chi connectivity index (χ1) is 13.0. The number of rotatable bonds is 5. The van der Waals surface area contributed by atoms with E-state index in [1.165, 1.54) is 6.07 Å². The van der Waals surface area contributed by atoms with E-state index in [4.69, 9.17) is 13.9 Å². The molecule has 4 aromatic rings. The van der Waals surface area contributed by atoms with Gasteiger partial charge in [-0.1, -0.05) is 30.3 Å². The molecule has 2 aromatic carbocycles. The fraction of sp³-hybridized carbons (Fsp3) is 0.182. The summed E-state index contributed by atoms with van der Waals surface area (Å²) in [6.45, 7) is 1.87. The first-order valence-electron chi connectivity index (χ1n) is 8.79. The Balaban J connectivity index is 1.93. The Kier molecular flexibility index (Phi) is 4.28. The normalized spacial score (nSPS) is 11.3. The van der Waals surface area contributed by atoms with Crippen LogP contribution in [0.3, 0.4) is 0 Å². The summed E-state index contributed by atoms with van der Waals surface area (Å²) in [5.74, 6) is -0.845. The van der Waals surface area contributed by atoms with Crippen molar-refractivity contribution in [3.63, 3.8) is 0 Å². The molecular weight excluding hydrogens is 344 g/mol. The third-order valence-electron chi connectivity index (χ3n) is 4.81. The summed E-state index contributed by atoms with van der Waals surface area (Å²) in [7, 11) is 0. The molecular formula is C22H18O5. The van der Waals surface area contributed by atoms with Gasteiger partial charge in [-0.05, 0) is 37.0 Å². The standard InChI is InChI=1S/C22H18O5/c1-13-21-17(18(12-26-21)14-6-3-2-4-7-14)11-16-15(8-5-9-19(23)24)10-20(25)27-22(13)16/h2-4,6-7,10-12H,5,8-9H2,1H3,(H,23,24). The van der Waals surface area contributed by atoms with Gasteiger partial charge in [0, 0.05) is 34.4 Å². The highest BCUT2D eigenvalue weighted by Crippen LogP contribution is 2.37. The Morgan fingerprint density at radius 3 is 2.59 bits per heavy atom. The number of aryl methyl sites for hydroxylation is 2. The average Bonchev–Trinajstić information content (AvgIpc) is 3.07. The maximum absolute atomic E-state index is 12.0. The highest BCUT2D eigenvalue weighted by Gasteiger charge is 2.17. The Morgan fingerprint density at radius 1 is 1.07 bits per heavy atom. The molecule has 0 atom stereocenters. The molecule has 0 saturated carbocycles. The molecule has 5 nitrogen and oxygen atoms in total. The molecule has 0 aliphatic carbocycles. The SMILES string of the molecule is Cc1c2oc(=O)cc(CCCC(=O)O)c2cc2c(-c3ccccc3)coc12. The van der Waals surface area contributed by atoms with Crippen molar-refractivity contribution in [2.75, 3.05) is 0 Å². The summed E-state index contributed by atoms with van der Waals surface area (Å²) in [6, 6.07) is 13.4. The molecule has 0 saturated heterocycles. The summed E-state index contributed by atoms with van der Waals surface area (Å²) >= 11 is 0. The predicted molar refractivity (Wildman–Crippen MR) is 103 cm³/mol. The number of furan rings is 1. The Morgan fingerprint density at radius 2 is 1.85 bits per heavy atom. The van der Waals surface area contributed by atoms with Gasteiger partial charge >= 0.3 is 11.6 Å². The largest absolute Gasteiger partial charge is 0.481 e. The van der Waals surface area contributed by atoms with E-state index < -0.39 is 11.6 Å². The number of carboxylic acid groups (broad SMARTS) is 1. The summed E-state index contributed by atoms with van der Waals surface area (Å²) in [4.78, 5) is 22.8. The van der Waals surface area contributed by atoms with Gasteiger partial charge < -0.3 is 13.9 Å². The zero-order valence-corrected chi connectivity index (χ0v) is 14.8. The number of hydrogen-bond acceptors (Lipinski definition) is 4. The lowest BCUT2D eigenvalue weighted by atomic mass is 9.97. The number of carboxylic acids is 1. The quantitative estimate of drug-likeness (QED) is 0.510. The molecule has 4 rings (SSSR count). The second kappa shape index (κ2) is 6.76. The number of benzene rings is 2. The maximum atomic E-state index is 12.0. The van der Waals surface area contributed by atoms with Crippen LogP contribution in [0.5, 0.6) is 0 Å². The van der Waals surface area contributed by atoms with Gasteiger partial charge in [-0.3, -0.25) is 4.79 Å². The van der Waals surface area contributed by atoms with E-state index in [1.54, 1.807) is 6.26 Å². The summed E-state index contributed by atoms with van der Waals surface area (Å²) in [5, 5.41) is 10.7. The Hall–Kier alpha value is -3.34. The lowest BCUT2D eigenvalue weighted by molar-refractivity contribution is -0.137. The topological polar surface area (TPSA) is 80.7 Å². The molecule has 0 aliphatic heterocycles. The summed E-state index contributed by atoms with van der Waals surface area (Å²) < 4.78 is 11.2. The molecule has 0 fully saturated rings. The van der Waals surface area contributed by atoms with E-state index in [0.29, 0.717) is 24.0 Å². The van der Waals surface area contributed by atoms with Crippen LogP contribution >= 0.6 is 0 Å². The van der Waals surface area contributed by atoms with Crippen LogP contribution in [0, 0.1) is 6.92 Å². The highest BCUT2D eigenvalue weighted by atomic mass is 16.4. The highest BCUT2D eigenvalue weighted by molar-refractivity contribution is 6.04. The van der Waals surface area contributed by atoms with E-state index >= 15 is 0 Å². The van der Waals surface area contributed by atoms with Crippen molar-refractivity contribution in [1.82, 2.24) is 0 Å². The van der Waals surface area contributed by atoms with Crippen LogP contribution in [0.1, 0.15) is 24.0 Å². The molecule has 0 bridgehead atoms. The van der Waals surface area contributed by atoms with Crippen LogP contribution < -0.4 is 5.63 Å². The molecule has 0 amide bonds. The molecule has 2 heterocycles. The fourth-order valence-electron chi connectivity index (χ4n) is 3.51. The van der Waals surface area contributed by atoms with E-state index in [-0.39, 0.29) is 6.42 Å². The summed E-state index contributed by atoms with van der Waals surface area (Å²) in [5.41, 5.74) is 4.32. The van der Waals surface area contributed by atoms with Gasteiger partial charge in [0.05, 0.1) is 6.26 Å². The van der Waals surface area contributed by atoms with E-state index in [1.807, 2.05) is 43.3 Å². The zero-order chi connectivity index (χ0) is 19.0. The zero-order valence-electron chi connectivity index (χ0n) is 14.8. The van der Waals surface area contributed by atoms with E-state index in [9.17, 15) is 9.59 Å². The van der Waals surface area contributed by atoms with Gasteiger partial charge in [0.15, 0.2) is 0 Å². The maximum Gasteiger partial charge on any atom is 0.336 e. The van der Waals surface area contributed by atoms with Crippen LogP contribution in [0.25, 0.3) is 33.1 Å². The number of hydrogen-bond donors (Lipinski definition) is 1. The molecule has 0 aliphatic rings.